The highest BCUT2D eigenvalue weighted by atomic mass is 32.2. The second-order valence-corrected chi connectivity index (χ2v) is 11.2. The molecule has 0 unspecified atom stereocenters. The van der Waals surface area contributed by atoms with Gasteiger partial charge in [-0.25, -0.2) is 18.4 Å². The van der Waals surface area contributed by atoms with Gasteiger partial charge in [0.05, 0.1) is 19.5 Å². The van der Waals surface area contributed by atoms with Gasteiger partial charge < -0.3 is 14.2 Å². The van der Waals surface area contributed by atoms with Crippen molar-refractivity contribution in [3.63, 3.8) is 0 Å². The van der Waals surface area contributed by atoms with E-state index in [1.165, 1.54) is 21.3 Å². The van der Waals surface area contributed by atoms with Gasteiger partial charge in [0.1, 0.15) is 29.0 Å². The number of methoxy groups -OCH3 is 3. The Morgan fingerprint density at radius 3 is 2.16 bits per heavy atom. The summed E-state index contributed by atoms with van der Waals surface area (Å²) in [6.07, 6.45) is 5.74. The SMILES string of the molecule is COc1cccc(OC)c1-n1c(CS(=O)(=O)[C@H](C)[C@@H](OC)c2ncc(C)cn2)nnc1-c1cncc(C)c1. The van der Waals surface area contributed by atoms with Crippen molar-refractivity contribution in [2.75, 3.05) is 21.3 Å². The molecule has 0 bridgehead atoms. The number of para-hydroxylation sites is 1. The van der Waals surface area contributed by atoms with Crippen LogP contribution in [0.1, 0.15) is 35.8 Å². The monoisotopic (exact) mass is 538 g/mol. The van der Waals surface area contributed by atoms with Crippen molar-refractivity contribution < 1.29 is 22.6 Å². The van der Waals surface area contributed by atoms with Crippen LogP contribution in [0.15, 0.2) is 49.1 Å². The number of ether oxygens (including phenoxy) is 3. The minimum absolute atomic E-state index is 0.177. The fraction of sp³-hybridized carbons (Fsp3) is 0.346. The number of nitrogens with zero attached hydrogens (tertiary/aromatic N) is 6. The molecule has 1 aromatic carbocycles. The highest BCUT2D eigenvalue weighted by molar-refractivity contribution is 7.91. The number of aryl methyl sites for hydroxylation is 2. The van der Waals surface area contributed by atoms with Crippen LogP contribution in [0.2, 0.25) is 0 Å². The summed E-state index contributed by atoms with van der Waals surface area (Å²) >= 11 is 0. The van der Waals surface area contributed by atoms with Gasteiger partial charge in [-0.3, -0.25) is 9.55 Å². The molecule has 0 fully saturated rings. The third-order valence-corrected chi connectivity index (χ3v) is 8.16. The van der Waals surface area contributed by atoms with Gasteiger partial charge in [-0.15, -0.1) is 10.2 Å². The Labute approximate surface area is 221 Å². The van der Waals surface area contributed by atoms with E-state index in [9.17, 15) is 8.42 Å². The zero-order chi connectivity index (χ0) is 27.4. The third-order valence-electron chi connectivity index (χ3n) is 6.12. The van der Waals surface area contributed by atoms with Crippen molar-refractivity contribution in [1.82, 2.24) is 29.7 Å². The summed E-state index contributed by atoms with van der Waals surface area (Å²) in [6, 6.07) is 7.19. The Kier molecular flexibility index (Phi) is 8.02. The summed E-state index contributed by atoms with van der Waals surface area (Å²) in [6.45, 7) is 5.33. The van der Waals surface area contributed by atoms with Gasteiger partial charge in [0, 0.05) is 37.5 Å². The average molecular weight is 539 g/mol. The normalized spacial score (nSPS) is 13.2. The smallest absolute Gasteiger partial charge is 0.170 e. The van der Waals surface area contributed by atoms with Crippen LogP contribution in [0, 0.1) is 13.8 Å². The molecular weight excluding hydrogens is 508 g/mol. The van der Waals surface area contributed by atoms with Gasteiger partial charge in [-0.2, -0.15) is 0 Å². The number of pyridine rings is 1. The standard InChI is InChI=1S/C26H30N6O5S/c1-16-10-19(14-27-11-16)26-31-30-22(32(26)23-20(35-4)8-7-9-21(23)36-5)15-38(33,34)18(3)24(37-6)25-28-12-17(2)13-29-25/h7-14,18,24H,15H2,1-6H3/t18-,24-/m1/s1. The average Bonchev–Trinajstić information content (AvgIpc) is 3.31. The molecule has 12 heteroatoms. The Hall–Kier alpha value is -3.90. The van der Waals surface area contributed by atoms with Crippen molar-refractivity contribution >= 4 is 9.84 Å². The van der Waals surface area contributed by atoms with Crippen molar-refractivity contribution in [2.24, 2.45) is 0 Å². The first kappa shape index (κ1) is 27.1. The zero-order valence-electron chi connectivity index (χ0n) is 22.1. The predicted octanol–water partition coefficient (Wildman–Crippen LogP) is 3.44. The molecule has 4 aromatic rings. The fourth-order valence-corrected chi connectivity index (χ4v) is 5.54. The van der Waals surface area contributed by atoms with Crippen LogP contribution in [0.3, 0.4) is 0 Å². The summed E-state index contributed by atoms with van der Waals surface area (Å²) in [5.41, 5.74) is 2.90. The molecule has 0 N–H and O–H groups in total. The van der Waals surface area contributed by atoms with Crippen LogP contribution in [0.4, 0.5) is 0 Å². The van der Waals surface area contributed by atoms with Crippen LogP contribution in [-0.4, -0.2) is 64.7 Å². The molecule has 3 heterocycles. The van der Waals surface area contributed by atoms with Crippen molar-refractivity contribution in [3.05, 3.63) is 71.8 Å². The first-order chi connectivity index (χ1) is 18.2. The highest BCUT2D eigenvalue weighted by Crippen LogP contribution is 2.37. The summed E-state index contributed by atoms with van der Waals surface area (Å²) in [5.74, 6) is 1.34. The van der Waals surface area contributed by atoms with E-state index in [1.54, 1.807) is 54.5 Å². The van der Waals surface area contributed by atoms with E-state index in [0.29, 0.717) is 28.6 Å². The molecule has 0 radical (unpaired) electrons. The van der Waals surface area contributed by atoms with Gasteiger partial charge in [0.25, 0.3) is 0 Å². The van der Waals surface area contributed by atoms with Gasteiger partial charge in [0.2, 0.25) is 0 Å². The lowest BCUT2D eigenvalue weighted by Gasteiger charge is -2.22. The Morgan fingerprint density at radius 1 is 0.921 bits per heavy atom. The minimum atomic E-state index is -3.86. The third kappa shape index (κ3) is 5.36. The molecule has 0 amide bonds. The number of benzene rings is 1. The van der Waals surface area contributed by atoms with E-state index in [1.807, 2.05) is 19.9 Å². The van der Waals surface area contributed by atoms with Crippen LogP contribution in [0.5, 0.6) is 11.5 Å². The maximum absolute atomic E-state index is 13.7. The Bertz CT molecular complexity index is 1500. The van der Waals surface area contributed by atoms with Crippen LogP contribution in [-0.2, 0) is 20.3 Å². The van der Waals surface area contributed by atoms with Crippen molar-refractivity contribution in [2.45, 2.75) is 37.9 Å². The molecule has 11 nitrogen and oxygen atoms in total. The second kappa shape index (κ2) is 11.2. The van der Waals surface area contributed by atoms with E-state index >= 15 is 0 Å². The minimum Gasteiger partial charge on any atom is -0.494 e. The first-order valence-corrected chi connectivity index (χ1v) is 13.5. The molecule has 0 aliphatic carbocycles. The molecule has 0 aliphatic rings. The van der Waals surface area contributed by atoms with Gasteiger partial charge in [-0.05, 0) is 50.1 Å². The molecule has 4 rings (SSSR count). The zero-order valence-corrected chi connectivity index (χ0v) is 22.9. The maximum atomic E-state index is 13.7. The van der Waals surface area contributed by atoms with Crippen LogP contribution >= 0.6 is 0 Å². The largest absolute Gasteiger partial charge is 0.494 e. The van der Waals surface area contributed by atoms with Crippen molar-refractivity contribution in [3.8, 4) is 28.6 Å². The van der Waals surface area contributed by atoms with E-state index in [-0.39, 0.29) is 11.6 Å². The van der Waals surface area contributed by atoms with E-state index in [4.69, 9.17) is 14.2 Å². The number of hydrogen-bond acceptors (Lipinski definition) is 10. The molecular formula is C26H30N6O5S. The molecule has 200 valence electrons. The highest BCUT2D eigenvalue weighted by Gasteiger charge is 2.35. The lowest BCUT2D eigenvalue weighted by atomic mass is 10.2. The molecule has 3 aromatic heterocycles. The van der Waals surface area contributed by atoms with E-state index < -0.39 is 26.9 Å². The number of rotatable bonds is 10. The predicted molar refractivity (Wildman–Crippen MR) is 141 cm³/mol. The Morgan fingerprint density at radius 2 is 1.58 bits per heavy atom. The number of hydrogen-bond donors (Lipinski definition) is 0. The van der Waals surface area contributed by atoms with Gasteiger partial charge >= 0.3 is 0 Å². The summed E-state index contributed by atoms with van der Waals surface area (Å²) < 4.78 is 45.9. The summed E-state index contributed by atoms with van der Waals surface area (Å²) in [5, 5.41) is 7.70. The summed E-state index contributed by atoms with van der Waals surface area (Å²) in [7, 11) is 0.635. The van der Waals surface area contributed by atoms with E-state index in [0.717, 1.165) is 11.1 Å². The molecule has 0 saturated carbocycles. The van der Waals surface area contributed by atoms with Gasteiger partial charge in [-0.1, -0.05) is 6.07 Å². The van der Waals surface area contributed by atoms with Crippen LogP contribution < -0.4 is 9.47 Å². The van der Waals surface area contributed by atoms with Gasteiger partial charge in [0.15, 0.2) is 27.3 Å². The lowest BCUT2D eigenvalue weighted by molar-refractivity contribution is 0.0947. The van der Waals surface area contributed by atoms with E-state index in [2.05, 4.69) is 25.1 Å². The van der Waals surface area contributed by atoms with Crippen LogP contribution in [0.25, 0.3) is 17.1 Å². The molecule has 2 atom stereocenters. The first-order valence-electron chi connectivity index (χ1n) is 11.8. The molecule has 38 heavy (non-hydrogen) atoms. The molecule has 0 spiro atoms. The maximum Gasteiger partial charge on any atom is 0.170 e. The number of sulfone groups is 1. The summed E-state index contributed by atoms with van der Waals surface area (Å²) in [4.78, 5) is 12.8. The van der Waals surface area contributed by atoms with Crippen molar-refractivity contribution in [1.29, 1.82) is 0 Å². The topological polar surface area (TPSA) is 131 Å². The second-order valence-electron chi connectivity index (χ2n) is 8.82. The fourth-order valence-electron chi connectivity index (χ4n) is 4.12. The Balaban J connectivity index is 1.84. The number of aromatic nitrogens is 6. The lowest BCUT2D eigenvalue weighted by Crippen LogP contribution is -2.30. The molecule has 0 saturated heterocycles. The molecule has 0 aliphatic heterocycles. The quantitative estimate of drug-likeness (QED) is 0.296.